The van der Waals surface area contributed by atoms with Crippen LogP contribution in [-0.4, -0.2) is 32.6 Å². The first kappa shape index (κ1) is 14.8. The van der Waals surface area contributed by atoms with Crippen molar-refractivity contribution in [1.82, 2.24) is 14.9 Å². The Bertz CT molecular complexity index is 482. The quantitative estimate of drug-likeness (QED) is 0.814. The van der Waals surface area contributed by atoms with Gasteiger partial charge in [-0.25, -0.2) is 4.98 Å². The highest BCUT2D eigenvalue weighted by Gasteiger charge is 2.22. The molecule has 4 heteroatoms. The van der Waals surface area contributed by atoms with Gasteiger partial charge in [0, 0.05) is 25.0 Å². The minimum atomic E-state index is 0.125. The van der Waals surface area contributed by atoms with Crippen molar-refractivity contribution in [3.8, 4) is 0 Å². The second-order valence-electron chi connectivity index (χ2n) is 5.42. The van der Waals surface area contributed by atoms with Gasteiger partial charge in [0.05, 0.1) is 13.2 Å². The second kappa shape index (κ2) is 7.22. The zero-order valence-electron chi connectivity index (χ0n) is 12.2. The normalized spacial score (nSPS) is 13.1. The molecular weight excluding hydrogens is 250 g/mol. The van der Waals surface area contributed by atoms with Crippen molar-refractivity contribution >= 4 is 0 Å². The highest BCUT2D eigenvalue weighted by molar-refractivity contribution is 5.14. The van der Waals surface area contributed by atoms with Gasteiger partial charge in [0.15, 0.2) is 0 Å². The summed E-state index contributed by atoms with van der Waals surface area (Å²) in [5.74, 6) is 1.32. The molecule has 4 nitrogen and oxygen atoms in total. The third-order valence-corrected chi connectivity index (χ3v) is 3.56. The lowest BCUT2D eigenvalue weighted by Gasteiger charge is -2.32. The van der Waals surface area contributed by atoms with Gasteiger partial charge in [-0.1, -0.05) is 44.2 Å². The van der Waals surface area contributed by atoms with Crippen molar-refractivity contribution in [3.63, 3.8) is 0 Å². The molecule has 20 heavy (non-hydrogen) atoms. The Morgan fingerprint density at radius 3 is 2.50 bits per heavy atom. The number of aliphatic hydroxyl groups excluding tert-OH is 1. The first-order valence-electron chi connectivity index (χ1n) is 7.07. The number of aromatic amines is 1. The van der Waals surface area contributed by atoms with E-state index in [4.69, 9.17) is 0 Å². The van der Waals surface area contributed by atoms with Crippen LogP contribution in [0.4, 0.5) is 0 Å². The average Bonchev–Trinajstić information content (AvgIpc) is 2.93. The van der Waals surface area contributed by atoms with Crippen LogP contribution in [0.15, 0.2) is 42.7 Å². The zero-order valence-corrected chi connectivity index (χ0v) is 12.2. The number of imidazole rings is 1. The predicted octanol–water partition coefficient (Wildman–Crippen LogP) is 2.43. The van der Waals surface area contributed by atoms with E-state index in [9.17, 15) is 5.11 Å². The lowest BCUT2D eigenvalue weighted by atomic mass is 10.0. The molecule has 2 rings (SSSR count). The molecule has 0 radical (unpaired) electrons. The molecule has 0 aliphatic heterocycles. The van der Waals surface area contributed by atoms with Gasteiger partial charge in [0.1, 0.15) is 5.82 Å². The highest BCUT2D eigenvalue weighted by Crippen LogP contribution is 2.16. The molecule has 0 saturated carbocycles. The molecule has 1 atom stereocenters. The molecule has 0 aliphatic rings. The van der Waals surface area contributed by atoms with E-state index in [0.29, 0.717) is 12.5 Å². The molecule has 0 bridgehead atoms. The molecule has 0 amide bonds. The van der Waals surface area contributed by atoms with Gasteiger partial charge in [-0.3, -0.25) is 4.90 Å². The molecule has 1 aromatic heterocycles. The van der Waals surface area contributed by atoms with E-state index in [2.05, 4.69) is 40.8 Å². The van der Waals surface area contributed by atoms with Gasteiger partial charge < -0.3 is 10.1 Å². The van der Waals surface area contributed by atoms with E-state index in [1.54, 1.807) is 6.20 Å². The summed E-state index contributed by atoms with van der Waals surface area (Å²) in [6, 6.07) is 10.5. The molecule has 0 spiro atoms. The Morgan fingerprint density at radius 1 is 1.20 bits per heavy atom. The molecule has 2 aromatic rings. The summed E-state index contributed by atoms with van der Waals surface area (Å²) in [5.41, 5.74) is 1.25. The predicted molar refractivity (Wildman–Crippen MR) is 80.0 cm³/mol. The van der Waals surface area contributed by atoms with Crippen LogP contribution in [-0.2, 0) is 13.1 Å². The number of nitrogens with one attached hydrogen (secondary N) is 1. The Kier molecular flexibility index (Phi) is 5.32. The van der Waals surface area contributed by atoms with E-state index in [1.165, 1.54) is 5.56 Å². The molecule has 0 fully saturated rings. The molecular formula is C16H23N3O. The Balaban J connectivity index is 2.14. The maximum absolute atomic E-state index is 9.70. The summed E-state index contributed by atoms with van der Waals surface area (Å²) in [6.07, 6.45) is 3.60. The van der Waals surface area contributed by atoms with Crippen LogP contribution in [0.5, 0.6) is 0 Å². The van der Waals surface area contributed by atoms with Crippen molar-refractivity contribution in [2.45, 2.75) is 33.0 Å². The van der Waals surface area contributed by atoms with Gasteiger partial charge in [-0.05, 0) is 11.5 Å². The van der Waals surface area contributed by atoms with Crippen LogP contribution < -0.4 is 0 Å². The fourth-order valence-electron chi connectivity index (χ4n) is 2.43. The maximum Gasteiger partial charge on any atom is 0.120 e. The van der Waals surface area contributed by atoms with Gasteiger partial charge >= 0.3 is 0 Å². The lowest BCUT2D eigenvalue weighted by Crippen LogP contribution is -2.41. The number of aliphatic hydroxyl groups is 1. The summed E-state index contributed by atoms with van der Waals surface area (Å²) >= 11 is 0. The van der Waals surface area contributed by atoms with E-state index in [0.717, 1.165) is 12.4 Å². The second-order valence-corrected chi connectivity index (χ2v) is 5.42. The molecule has 2 N–H and O–H groups in total. The SMILES string of the molecule is CC(C)C(CO)N(Cc1ccccc1)Cc1ncc[nH]1. The summed E-state index contributed by atoms with van der Waals surface area (Å²) in [6.45, 7) is 5.96. The van der Waals surface area contributed by atoms with Gasteiger partial charge in [-0.15, -0.1) is 0 Å². The van der Waals surface area contributed by atoms with Gasteiger partial charge in [0.25, 0.3) is 0 Å². The van der Waals surface area contributed by atoms with Crippen LogP contribution in [0.2, 0.25) is 0 Å². The van der Waals surface area contributed by atoms with E-state index >= 15 is 0 Å². The Hall–Kier alpha value is -1.65. The first-order chi connectivity index (χ1) is 9.70. The van der Waals surface area contributed by atoms with E-state index < -0.39 is 0 Å². The third kappa shape index (κ3) is 3.92. The summed E-state index contributed by atoms with van der Waals surface area (Å²) in [7, 11) is 0. The van der Waals surface area contributed by atoms with E-state index in [1.807, 2.05) is 24.4 Å². The smallest absolute Gasteiger partial charge is 0.120 e. The number of H-pyrrole nitrogens is 1. The minimum absolute atomic E-state index is 0.125. The first-order valence-corrected chi connectivity index (χ1v) is 7.07. The largest absolute Gasteiger partial charge is 0.395 e. The fourth-order valence-corrected chi connectivity index (χ4v) is 2.43. The standard InChI is InChI=1S/C16H23N3O/c1-13(2)15(12-20)19(11-16-17-8-9-18-16)10-14-6-4-3-5-7-14/h3-9,13,15,20H,10-12H2,1-2H3,(H,17,18). The van der Waals surface area contributed by atoms with Crippen molar-refractivity contribution in [2.24, 2.45) is 5.92 Å². The number of aromatic nitrogens is 2. The number of hydrogen-bond acceptors (Lipinski definition) is 3. The molecule has 1 unspecified atom stereocenters. The van der Waals surface area contributed by atoms with E-state index in [-0.39, 0.29) is 12.6 Å². The number of rotatable bonds is 7. The zero-order chi connectivity index (χ0) is 14.4. The number of hydrogen-bond donors (Lipinski definition) is 2. The monoisotopic (exact) mass is 273 g/mol. The summed E-state index contributed by atoms with van der Waals surface area (Å²) in [5, 5.41) is 9.70. The van der Waals surface area contributed by atoms with Crippen molar-refractivity contribution < 1.29 is 5.11 Å². The third-order valence-electron chi connectivity index (χ3n) is 3.56. The minimum Gasteiger partial charge on any atom is -0.395 e. The van der Waals surface area contributed by atoms with Crippen LogP contribution >= 0.6 is 0 Å². The molecule has 1 heterocycles. The number of nitrogens with zero attached hydrogens (tertiary/aromatic N) is 2. The average molecular weight is 273 g/mol. The Labute approximate surface area is 120 Å². The van der Waals surface area contributed by atoms with Crippen LogP contribution in [0.3, 0.4) is 0 Å². The summed E-state index contributed by atoms with van der Waals surface area (Å²) < 4.78 is 0. The lowest BCUT2D eigenvalue weighted by molar-refractivity contribution is 0.0765. The molecule has 0 saturated heterocycles. The van der Waals surface area contributed by atoms with Crippen molar-refractivity contribution in [3.05, 3.63) is 54.1 Å². The van der Waals surface area contributed by atoms with Crippen LogP contribution in [0.25, 0.3) is 0 Å². The molecule has 1 aromatic carbocycles. The van der Waals surface area contributed by atoms with Crippen molar-refractivity contribution in [1.29, 1.82) is 0 Å². The van der Waals surface area contributed by atoms with Crippen LogP contribution in [0.1, 0.15) is 25.2 Å². The highest BCUT2D eigenvalue weighted by atomic mass is 16.3. The Morgan fingerprint density at radius 2 is 1.95 bits per heavy atom. The number of benzene rings is 1. The van der Waals surface area contributed by atoms with Gasteiger partial charge in [-0.2, -0.15) is 0 Å². The van der Waals surface area contributed by atoms with Crippen LogP contribution in [0, 0.1) is 5.92 Å². The topological polar surface area (TPSA) is 52.1 Å². The molecule has 0 aliphatic carbocycles. The fraction of sp³-hybridized carbons (Fsp3) is 0.438. The van der Waals surface area contributed by atoms with Gasteiger partial charge in [0.2, 0.25) is 0 Å². The maximum atomic E-state index is 9.70. The van der Waals surface area contributed by atoms with Crippen molar-refractivity contribution in [2.75, 3.05) is 6.61 Å². The molecule has 108 valence electrons. The summed E-state index contributed by atoms with van der Waals surface area (Å²) in [4.78, 5) is 9.71.